The summed E-state index contributed by atoms with van der Waals surface area (Å²) in [5.74, 6) is -0.148. The number of urea groups is 1. The fourth-order valence-electron chi connectivity index (χ4n) is 5.24. The summed E-state index contributed by atoms with van der Waals surface area (Å²) in [6.07, 6.45) is 6.07. The van der Waals surface area contributed by atoms with E-state index in [0.717, 1.165) is 57.6 Å². The minimum Gasteiger partial charge on any atom is -0.372 e. The van der Waals surface area contributed by atoms with Crippen molar-refractivity contribution < 1.29 is 14.3 Å². The SMILES string of the molecule is Cc1cc(Cl)cc(-c2ncnc3cc(CN4C(=O)CCN(C)C4=O)sc23)c1C[C@@H]1CCCC(C)(C)O1. The van der Waals surface area contributed by atoms with Gasteiger partial charge in [0.15, 0.2) is 0 Å². The number of aromatic nitrogens is 2. The molecule has 0 saturated carbocycles. The molecule has 5 rings (SSSR count). The predicted molar refractivity (Wildman–Crippen MR) is 142 cm³/mol. The lowest BCUT2D eigenvalue weighted by Gasteiger charge is -2.36. The highest BCUT2D eigenvalue weighted by molar-refractivity contribution is 7.19. The molecule has 4 heterocycles. The van der Waals surface area contributed by atoms with Crippen LogP contribution in [0.3, 0.4) is 0 Å². The molecule has 0 aliphatic carbocycles. The summed E-state index contributed by atoms with van der Waals surface area (Å²) in [6, 6.07) is 5.66. The van der Waals surface area contributed by atoms with Gasteiger partial charge in [-0.05, 0) is 75.8 Å². The quantitative estimate of drug-likeness (QED) is 0.408. The molecule has 2 saturated heterocycles. The van der Waals surface area contributed by atoms with E-state index in [9.17, 15) is 9.59 Å². The zero-order valence-electron chi connectivity index (χ0n) is 21.1. The molecule has 0 N–H and O–H groups in total. The van der Waals surface area contributed by atoms with E-state index >= 15 is 0 Å². The molecule has 190 valence electrons. The molecule has 2 aliphatic rings. The highest BCUT2D eigenvalue weighted by Crippen LogP contribution is 2.39. The summed E-state index contributed by atoms with van der Waals surface area (Å²) < 4.78 is 7.34. The number of halogens is 1. The average molecular weight is 527 g/mol. The number of thiophene rings is 1. The molecule has 1 aromatic carbocycles. The number of nitrogens with zero attached hydrogens (tertiary/aromatic N) is 4. The van der Waals surface area contributed by atoms with E-state index in [1.54, 1.807) is 18.3 Å². The highest BCUT2D eigenvalue weighted by atomic mass is 35.5. The maximum Gasteiger partial charge on any atom is 0.326 e. The van der Waals surface area contributed by atoms with Crippen LogP contribution in [0, 0.1) is 6.92 Å². The predicted octanol–water partition coefficient (Wildman–Crippen LogP) is 5.99. The summed E-state index contributed by atoms with van der Waals surface area (Å²) in [7, 11) is 1.72. The van der Waals surface area contributed by atoms with Crippen molar-refractivity contribution >= 4 is 45.1 Å². The molecule has 2 aromatic heterocycles. The summed E-state index contributed by atoms with van der Waals surface area (Å²) in [5, 5.41) is 0.659. The van der Waals surface area contributed by atoms with Crippen molar-refractivity contribution in [3.63, 3.8) is 0 Å². The number of carbonyl (C=O) groups is 2. The highest BCUT2D eigenvalue weighted by Gasteiger charge is 2.31. The smallest absolute Gasteiger partial charge is 0.326 e. The Labute approximate surface area is 220 Å². The van der Waals surface area contributed by atoms with Gasteiger partial charge in [0.2, 0.25) is 5.91 Å². The normalized spacial score (nSPS) is 20.4. The van der Waals surface area contributed by atoms with Crippen LogP contribution in [0.2, 0.25) is 5.02 Å². The first-order valence-corrected chi connectivity index (χ1v) is 13.6. The lowest BCUT2D eigenvalue weighted by molar-refractivity contribution is -0.131. The lowest BCUT2D eigenvalue weighted by atomic mass is 9.89. The van der Waals surface area contributed by atoms with Crippen molar-refractivity contribution in [3.05, 3.63) is 45.6 Å². The van der Waals surface area contributed by atoms with E-state index in [-0.39, 0.29) is 30.2 Å². The Balaban J connectivity index is 1.52. The molecular formula is C27H31ClN4O3S. The lowest BCUT2D eigenvalue weighted by Crippen LogP contribution is -2.49. The van der Waals surface area contributed by atoms with Crippen LogP contribution in [0.5, 0.6) is 0 Å². The third-order valence-electron chi connectivity index (χ3n) is 7.11. The van der Waals surface area contributed by atoms with Gasteiger partial charge in [-0.15, -0.1) is 11.3 Å². The number of benzene rings is 1. The van der Waals surface area contributed by atoms with Crippen LogP contribution in [0.25, 0.3) is 21.5 Å². The molecular weight excluding hydrogens is 496 g/mol. The molecule has 2 aliphatic heterocycles. The second-order valence-electron chi connectivity index (χ2n) is 10.4. The molecule has 0 bridgehead atoms. The molecule has 2 fully saturated rings. The summed E-state index contributed by atoms with van der Waals surface area (Å²) in [4.78, 5) is 38.0. The first kappa shape index (κ1) is 25.1. The van der Waals surface area contributed by atoms with Crippen molar-refractivity contribution in [1.82, 2.24) is 19.8 Å². The number of rotatable bonds is 5. The largest absolute Gasteiger partial charge is 0.372 e. The Morgan fingerprint density at radius 1 is 1.22 bits per heavy atom. The molecule has 0 radical (unpaired) electrons. The Hall–Kier alpha value is -2.55. The molecule has 3 aromatic rings. The van der Waals surface area contributed by atoms with Crippen LogP contribution >= 0.6 is 22.9 Å². The van der Waals surface area contributed by atoms with Crippen molar-refractivity contribution in [1.29, 1.82) is 0 Å². The fourth-order valence-corrected chi connectivity index (χ4v) is 6.62. The van der Waals surface area contributed by atoms with Crippen molar-refractivity contribution in [2.75, 3.05) is 13.6 Å². The maximum absolute atomic E-state index is 12.6. The number of fused-ring (bicyclic) bond motifs is 1. The van der Waals surface area contributed by atoms with E-state index in [1.165, 1.54) is 21.8 Å². The van der Waals surface area contributed by atoms with Gasteiger partial charge in [-0.25, -0.2) is 14.8 Å². The Bertz CT molecular complexity index is 1340. The molecule has 3 amide bonds. The van der Waals surface area contributed by atoms with Gasteiger partial charge in [0.25, 0.3) is 0 Å². The van der Waals surface area contributed by atoms with Gasteiger partial charge < -0.3 is 9.64 Å². The minimum absolute atomic E-state index is 0.119. The molecule has 36 heavy (non-hydrogen) atoms. The zero-order chi connectivity index (χ0) is 25.6. The van der Waals surface area contributed by atoms with Gasteiger partial charge in [0.05, 0.1) is 34.2 Å². The number of imide groups is 1. The number of hydrogen-bond donors (Lipinski definition) is 0. The summed E-state index contributed by atoms with van der Waals surface area (Å²) in [5.41, 5.74) is 4.77. The number of aryl methyl sites for hydroxylation is 1. The van der Waals surface area contributed by atoms with Crippen LogP contribution in [0.15, 0.2) is 24.5 Å². The monoisotopic (exact) mass is 526 g/mol. The van der Waals surface area contributed by atoms with Crippen molar-refractivity contribution in [2.45, 2.75) is 71.1 Å². The van der Waals surface area contributed by atoms with Gasteiger partial charge in [-0.2, -0.15) is 0 Å². The molecule has 1 atom stereocenters. The van der Waals surface area contributed by atoms with Crippen LogP contribution in [0.1, 0.15) is 55.5 Å². The van der Waals surface area contributed by atoms with Crippen LogP contribution in [-0.4, -0.2) is 57.0 Å². The van der Waals surface area contributed by atoms with E-state index in [4.69, 9.17) is 16.3 Å². The average Bonchev–Trinajstić information content (AvgIpc) is 3.23. The fraction of sp³-hybridized carbons (Fsp3) is 0.481. The van der Waals surface area contributed by atoms with Crippen LogP contribution in [-0.2, 0) is 22.5 Å². The minimum atomic E-state index is -0.266. The molecule has 9 heteroatoms. The Morgan fingerprint density at radius 3 is 2.81 bits per heavy atom. The topological polar surface area (TPSA) is 75.6 Å². The second-order valence-corrected chi connectivity index (χ2v) is 12.0. The van der Waals surface area contributed by atoms with Gasteiger partial charge in [0.1, 0.15) is 6.33 Å². The van der Waals surface area contributed by atoms with Crippen molar-refractivity contribution in [2.24, 2.45) is 0 Å². The van der Waals surface area contributed by atoms with Crippen LogP contribution in [0.4, 0.5) is 4.79 Å². The zero-order valence-corrected chi connectivity index (χ0v) is 22.7. The Kier molecular flexibility index (Phi) is 6.78. The van der Waals surface area contributed by atoms with E-state index in [2.05, 4.69) is 30.7 Å². The first-order chi connectivity index (χ1) is 17.1. The Morgan fingerprint density at radius 2 is 2.03 bits per heavy atom. The van der Waals surface area contributed by atoms with E-state index in [0.29, 0.717) is 18.0 Å². The van der Waals surface area contributed by atoms with E-state index < -0.39 is 0 Å². The van der Waals surface area contributed by atoms with Crippen LogP contribution < -0.4 is 0 Å². The third kappa shape index (κ3) is 4.99. The van der Waals surface area contributed by atoms with Gasteiger partial charge >= 0.3 is 6.03 Å². The first-order valence-electron chi connectivity index (χ1n) is 12.4. The van der Waals surface area contributed by atoms with Crippen molar-refractivity contribution in [3.8, 4) is 11.3 Å². The molecule has 0 spiro atoms. The number of hydrogen-bond acceptors (Lipinski definition) is 6. The van der Waals surface area contributed by atoms with Gasteiger partial charge in [-0.3, -0.25) is 9.69 Å². The number of carbonyl (C=O) groups excluding carboxylic acids is 2. The van der Waals surface area contributed by atoms with Gasteiger partial charge in [0, 0.05) is 35.5 Å². The third-order valence-corrected chi connectivity index (χ3v) is 8.45. The standard InChI is InChI=1S/C27H31ClN4O3S/c1-16-10-17(28)11-21(20(16)12-18-6-5-8-27(2,3)35-18)24-25-22(29-15-30-24)13-19(36-25)14-32-23(33)7-9-31(4)26(32)34/h10-11,13,15,18H,5-9,12,14H2,1-4H3/t18-/m0/s1. The van der Waals surface area contributed by atoms with E-state index in [1.807, 2.05) is 18.2 Å². The second kappa shape index (κ2) is 9.72. The summed E-state index contributed by atoms with van der Waals surface area (Å²) in [6.45, 7) is 7.09. The number of amides is 3. The van der Waals surface area contributed by atoms with Gasteiger partial charge in [-0.1, -0.05) is 11.6 Å². The molecule has 7 nitrogen and oxygen atoms in total. The number of ether oxygens (including phenoxy) is 1. The summed E-state index contributed by atoms with van der Waals surface area (Å²) >= 11 is 8.05. The maximum atomic E-state index is 12.6. The molecule has 0 unspecified atom stereocenters.